The Bertz CT molecular complexity index is 974. The van der Waals surface area contributed by atoms with Gasteiger partial charge in [0.15, 0.2) is 5.69 Å². The van der Waals surface area contributed by atoms with Crippen LogP contribution in [-0.4, -0.2) is 28.2 Å². The van der Waals surface area contributed by atoms with Crippen molar-refractivity contribution in [1.29, 1.82) is 0 Å². The van der Waals surface area contributed by atoms with Gasteiger partial charge in [0.2, 0.25) is 5.88 Å². The van der Waals surface area contributed by atoms with Crippen molar-refractivity contribution in [1.82, 2.24) is 15.2 Å². The van der Waals surface area contributed by atoms with Gasteiger partial charge in [-0.15, -0.1) is 11.3 Å². The van der Waals surface area contributed by atoms with Gasteiger partial charge in [-0.05, 0) is 42.3 Å². The third-order valence-electron chi connectivity index (χ3n) is 4.81. The zero-order valence-corrected chi connectivity index (χ0v) is 16.6. The number of hydrogen-bond acceptors (Lipinski definition) is 5. The highest BCUT2D eigenvalue weighted by Crippen LogP contribution is 2.45. The Morgan fingerprint density at radius 3 is 2.74 bits per heavy atom. The number of aryl methyl sites for hydroxylation is 1. The molecule has 3 aromatic heterocycles. The Morgan fingerprint density at radius 2 is 2.15 bits per heavy atom. The number of nitrogens with zero attached hydrogens (tertiary/aromatic N) is 3. The summed E-state index contributed by atoms with van der Waals surface area (Å²) in [7, 11) is 1.58. The number of carbonyl (C=O) groups excluding carboxylic acids is 1. The molecule has 7 heteroatoms. The van der Waals surface area contributed by atoms with Crippen LogP contribution in [0.2, 0.25) is 0 Å². The maximum atomic E-state index is 13.3. The molecule has 0 bridgehead atoms. The minimum atomic E-state index is -0.185. The number of fused-ring (bicyclic) bond motifs is 1. The van der Waals surface area contributed by atoms with Gasteiger partial charge in [-0.25, -0.2) is 4.98 Å². The minimum Gasteiger partial charge on any atom is -0.481 e. The third-order valence-corrected chi connectivity index (χ3v) is 5.88. The van der Waals surface area contributed by atoms with Crippen LogP contribution in [0.3, 0.4) is 0 Å². The molecule has 1 unspecified atom stereocenters. The fraction of sp³-hybridized carbons (Fsp3) is 0.350. The Morgan fingerprint density at radius 1 is 1.33 bits per heavy atom. The Labute approximate surface area is 162 Å². The second kappa shape index (κ2) is 6.81. The van der Waals surface area contributed by atoms with Crippen molar-refractivity contribution in [3.63, 3.8) is 0 Å². The molecule has 4 heterocycles. The predicted octanol–water partition coefficient (Wildman–Crippen LogP) is 4.13. The Kier molecular flexibility index (Phi) is 4.47. The molecular weight excluding hydrogens is 360 g/mol. The first-order chi connectivity index (χ1) is 13.0. The van der Waals surface area contributed by atoms with Crippen LogP contribution in [0, 0.1) is 12.8 Å². The van der Waals surface area contributed by atoms with E-state index in [9.17, 15) is 4.79 Å². The average Bonchev–Trinajstić information content (AvgIpc) is 3.32. The molecule has 1 amide bonds. The number of methoxy groups -OCH3 is 1. The standard InChI is InChI=1S/C20H22N4O2S/c1-11(2)9-14-16-17(23-22-14)20(25)24(13-5-6-15(26-4)21-10-13)18(16)19-12(3)7-8-27-19/h5-8,10-11,18H,9H2,1-4H3,(H,22,23). The fourth-order valence-electron chi connectivity index (χ4n) is 3.58. The number of pyridine rings is 1. The number of carbonyl (C=O) groups is 1. The summed E-state index contributed by atoms with van der Waals surface area (Å²) in [6.45, 7) is 6.42. The fourth-order valence-corrected chi connectivity index (χ4v) is 4.61. The smallest absolute Gasteiger partial charge is 0.280 e. The van der Waals surface area contributed by atoms with E-state index in [2.05, 4.69) is 47.4 Å². The van der Waals surface area contributed by atoms with Crippen LogP contribution in [0.15, 0.2) is 29.8 Å². The zero-order valence-electron chi connectivity index (χ0n) is 15.8. The lowest BCUT2D eigenvalue weighted by atomic mass is 9.98. The molecule has 6 nitrogen and oxygen atoms in total. The quantitative estimate of drug-likeness (QED) is 0.720. The van der Waals surface area contributed by atoms with Crippen molar-refractivity contribution in [2.75, 3.05) is 12.0 Å². The molecule has 0 aromatic carbocycles. The van der Waals surface area contributed by atoms with Gasteiger partial charge in [0.1, 0.15) is 6.04 Å². The SMILES string of the molecule is COc1ccc(N2C(=O)c3n[nH]c(CC(C)C)c3C2c2sccc2C)cn1. The summed E-state index contributed by atoms with van der Waals surface area (Å²) in [5.41, 5.74) is 4.46. The number of H-pyrrole nitrogens is 1. The van der Waals surface area contributed by atoms with Gasteiger partial charge in [0, 0.05) is 22.2 Å². The number of nitrogens with one attached hydrogen (secondary N) is 1. The topological polar surface area (TPSA) is 71.1 Å². The van der Waals surface area contributed by atoms with Crippen molar-refractivity contribution in [3.8, 4) is 5.88 Å². The van der Waals surface area contributed by atoms with Crippen molar-refractivity contribution >= 4 is 22.9 Å². The second-order valence-corrected chi connectivity index (χ2v) is 8.11. The van der Waals surface area contributed by atoms with Gasteiger partial charge in [-0.3, -0.25) is 14.8 Å². The molecule has 1 aliphatic heterocycles. The van der Waals surface area contributed by atoms with Crippen LogP contribution in [-0.2, 0) is 6.42 Å². The summed E-state index contributed by atoms with van der Waals surface area (Å²) < 4.78 is 5.16. The van der Waals surface area contributed by atoms with Crippen LogP contribution in [0.4, 0.5) is 5.69 Å². The molecule has 0 spiro atoms. The first kappa shape index (κ1) is 17.7. The van der Waals surface area contributed by atoms with E-state index in [1.54, 1.807) is 35.6 Å². The van der Waals surface area contributed by atoms with Crippen molar-refractivity contribution in [2.45, 2.75) is 33.2 Å². The number of hydrogen-bond donors (Lipinski definition) is 1. The zero-order chi connectivity index (χ0) is 19.1. The average molecular weight is 382 g/mol. The molecule has 1 atom stereocenters. The summed E-state index contributed by atoms with van der Waals surface area (Å²) >= 11 is 1.67. The molecule has 1 aliphatic rings. The normalized spacial score (nSPS) is 16.3. The highest BCUT2D eigenvalue weighted by atomic mass is 32.1. The van der Waals surface area contributed by atoms with Crippen LogP contribution in [0.1, 0.15) is 52.1 Å². The largest absolute Gasteiger partial charge is 0.481 e. The van der Waals surface area contributed by atoms with Gasteiger partial charge in [0.05, 0.1) is 19.0 Å². The molecule has 0 fully saturated rings. The van der Waals surface area contributed by atoms with Crippen LogP contribution in [0.5, 0.6) is 5.88 Å². The van der Waals surface area contributed by atoms with E-state index in [0.29, 0.717) is 17.5 Å². The molecule has 0 radical (unpaired) electrons. The van der Waals surface area contributed by atoms with E-state index < -0.39 is 0 Å². The van der Waals surface area contributed by atoms with E-state index in [1.165, 1.54) is 5.56 Å². The molecule has 3 aromatic rings. The van der Waals surface area contributed by atoms with Crippen molar-refractivity contribution < 1.29 is 9.53 Å². The predicted molar refractivity (Wildman–Crippen MR) is 106 cm³/mol. The maximum absolute atomic E-state index is 13.3. The van der Waals surface area contributed by atoms with Crippen LogP contribution in [0.25, 0.3) is 0 Å². The lowest BCUT2D eigenvalue weighted by Crippen LogP contribution is -2.29. The molecule has 140 valence electrons. The van der Waals surface area contributed by atoms with E-state index in [1.807, 2.05) is 6.07 Å². The van der Waals surface area contributed by atoms with Gasteiger partial charge < -0.3 is 4.74 Å². The van der Waals surface area contributed by atoms with E-state index in [-0.39, 0.29) is 11.9 Å². The Balaban J connectivity index is 1.86. The molecule has 0 aliphatic carbocycles. The van der Waals surface area contributed by atoms with Gasteiger partial charge >= 0.3 is 0 Å². The molecule has 0 saturated heterocycles. The molecule has 4 rings (SSSR count). The summed E-state index contributed by atoms with van der Waals surface area (Å²) in [4.78, 5) is 20.5. The maximum Gasteiger partial charge on any atom is 0.280 e. The Hall–Kier alpha value is -2.67. The number of thiophene rings is 1. The molecular formula is C20H22N4O2S. The second-order valence-electron chi connectivity index (χ2n) is 7.17. The van der Waals surface area contributed by atoms with E-state index in [0.717, 1.165) is 28.2 Å². The van der Waals surface area contributed by atoms with Gasteiger partial charge in [-0.1, -0.05) is 13.8 Å². The first-order valence-corrected chi connectivity index (χ1v) is 9.84. The van der Waals surface area contributed by atoms with E-state index in [4.69, 9.17) is 4.74 Å². The van der Waals surface area contributed by atoms with Crippen molar-refractivity contribution in [3.05, 3.63) is 57.2 Å². The first-order valence-electron chi connectivity index (χ1n) is 8.96. The lowest BCUT2D eigenvalue weighted by Gasteiger charge is -2.26. The highest BCUT2D eigenvalue weighted by molar-refractivity contribution is 7.10. The van der Waals surface area contributed by atoms with Crippen LogP contribution < -0.4 is 9.64 Å². The summed E-state index contributed by atoms with van der Waals surface area (Å²) in [5, 5.41) is 9.55. The highest BCUT2D eigenvalue weighted by Gasteiger charge is 2.44. The molecule has 0 saturated carbocycles. The summed E-state index contributed by atoms with van der Waals surface area (Å²) in [6, 6.07) is 5.56. The van der Waals surface area contributed by atoms with Gasteiger partial charge in [-0.2, -0.15) is 5.10 Å². The number of anilines is 1. The van der Waals surface area contributed by atoms with Crippen molar-refractivity contribution in [2.24, 2.45) is 5.92 Å². The number of rotatable bonds is 5. The van der Waals surface area contributed by atoms with Gasteiger partial charge in [0.25, 0.3) is 5.91 Å². The number of amides is 1. The monoisotopic (exact) mass is 382 g/mol. The van der Waals surface area contributed by atoms with Crippen LogP contribution >= 0.6 is 11.3 Å². The number of aromatic amines is 1. The number of ether oxygens (including phenoxy) is 1. The molecule has 27 heavy (non-hydrogen) atoms. The summed E-state index contributed by atoms with van der Waals surface area (Å²) in [5.74, 6) is 0.889. The lowest BCUT2D eigenvalue weighted by molar-refractivity contribution is 0.0989. The number of aromatic nitrogens is 3. The minimum absolute atomic E-state index is 0.0963. The third kappa shape index (κ3) is 2.92. The van der Waals surface area contributed by atoms with E-state index >= 15 is 0 Å². The summed E-state index contributed by atoms with van der Waals surface area (Å²) in [6.07, 6.45) is 2.54. The molecule has 1 N–H and O–H groups in total.